The Morgan fingerprint density at radius 1 is 1.07 bits per heavy atom. The van der Waals surface area contributed by atoms with Gasteiger partial charge in [-0.15, -0.1) is 11.3 Å². The van der Waals surface area contributed by atoms with Crippen LogP contribution in [0.5, 0.6) is 5.75 Å². The predicted molar refractivity (Wildman–Crippen MR) is 106 cm³/mol. The normalized spacial score (nSPS) is 10.5. The van der Waals surface area contributed by atoms with E-state index in [-0.39, 0.29) is 5.69 Å². The zero-order valence-corrected chi connectivity index (χ0v) is 16.5. The molecule has 10 heteroatoms. The van der Waals surface area contributed by atoms with Crippen molar-refractivity contribution >= 4 is 28.8 Å². The highest BCUT2D eigenvalue weighted by Gasteiger charge is 2.17. The summed E-state index contributed by atoms with van der Waals surface area (Å²) in [6, 6.07) is 8.79. The molecule has 1 aromatic heterocycles. The number of anilines is 1. The summed E-state index contributed by atoms with van der Waals surface area (Å²) in [6.45, 7) is 1.93. The van der Waals surface area contributed by atoms with Crippen molar-refractivity contribution in [2.45, 2.75) is 6.92 Å². The number of carbonyl (C=O) groups is 2. The molecule has 0 saturated heterocycles. The van der Waals surface area contributed by atoms with E-state index in [2.05, 4.69) is 15.6 Å². The number of thiazole rings is 1. The van der Waals surface area contributed by atoms with Gasteiger partial charge < -0.3 is 15.4 Å². The van der Waals surface area contributed by atoms with Gasteiger partial charge in [0, 0.05) is 10.9 Å². The van der Waals surface area contributed by atoms with Crippen LogP contribution in [-0.4, -0.2) is 29.9 Å². The van der Waals surface area contributed by atoms with Crippen molar-refractivity contribution in [1.29, 1.82) is 0 Å². The number of nitrogens with zero attached hydrogens (tertiary/aromatic N) is 1. The minimum atomic E-state index is -1.69. The maximum absolute atomic E-state index is 13.6. The summed E-state index contributed by atoms with van der Waals surface area (Å²) >= 11 is 1.25. The molecule has 1 heterocycles. The molecule has 0 aliphatic carbocycles. The Morgan fingerprint density at radius 2 is 1.80 bits per heavy atom. The Balaban J connectivity index is 1.58. The number of benzene rings is 2. The number of rotatable bonds is 7. The highest BCUT2D eigenvalue weighted by molar-refractivity contribution is 7.13. The van der Waals surface area contributed by atoms with Crippen LogP contribution in [0.15, 0.2) is 41.8 Å². The Bertz CT molecular complexity index is 1070. The van der Waals surface area contributed by atoms with E-state index in [4.69, 9.17) is 4.74 Å². The Hall–Kier alpha value is -3.40. The first-order valence-corrected chi connectivity index (χ1v) is 9.67. The largest absolute Gasteiger partial charge is 0.494 e. The minimum Gasteiger partial charge on any atom is -0.494 e. The average molecular weight is 435 g/mol. The smallest absolute Gasteiger partial charge is 0.271 e. The van der Waals surface area contributed by atoms with Gasteiger partial charge in [-0.2, -0.15) is 0 Å². The molecule has 2 N–H and O–H groups in total. The molecule has 0 atom stereocenters. The molecule has 0 aliphatic heterocycles. The minimum absolute atomic E-state index is 0.107. The molecule has 3 rings (SSSR count). The van der Waals surface area contributed by atoms with Crippen molar-refractivity contribution in [2.24, 2.45) is 0 Å². The Morgan fingerprint density at radius 3 is 2.50 bits per heavy atom. The fraction of sp³-hybridized carbons (Fsp3) is 0.150. The first-order chi connectivity index (χ1) is 14.4. The summed E-state index contributed by atoms with van der Waals surface area (Å²) in [4.78, 5) is 28.3. The van der Waals surface area contributed by atoms with Gasteiger partial charge in [0.25, 0.3) is 5.91 Å². The molecule has 6 nitrogen and oxygen atoms in total. The van der Waals surface area contributed by atoms with Crippen LogP contribution >= 0.6 is 11.3 Å². The standard InChI is InChI=1S/C20H16F3N3O3S/c1-2-29-12-5-3-11(4-6-12)20-26-15(10-30-20)19(28)24-9-16(27)25-14-8-7-13(21)17(22)18(14)23/h3-8,10H,2,9H2,1H3,(H,24,28)(H,25,27). The molecule has 156 valence electrons. The molecular formula is C20H16F3N3O3S. The second-order valence-electron chi connectivity index (χ2n) is 5.95. The van der Waals surface area contributed by atoms with Gasteiger partial charge in [0.1, 0.15) is 16.5 Å². The summed E-state index contributed by atoms with van der Waals surface area (Å²) in [5, 5.41) is 6.55. The van der Waals surface area contributed by atoms with Crippen molar-refractivity contribution in [3.8, 4) is 16.3 Å². The van der Waals surface area contributed by atoms with Gasteiger partial charge >= 0.3 is 0 Å². The molecule has 0 bridgehead atoms. The lowest BCUT2D eigenvalue weighted by Crippen LogP contribution is -2.33. The molecule has 0 aliphatic rings. The van der Waals surface area contributed by atoms with Crippen LogP contribution in [0.2, 0.25) is 0 Å². The molecule has 3 aromatic rings. The van der Waals surface area contributed by atoms with E-state index in [1.165, 1.54) is 16.7 Å². The summed E-state index contributed by atoms with van der Waals surface area (Å²) in [5.74, 6) is -5.28. The third-order valence-electron chi connectivity index (χ3n) is 3.87. The highest BCUT2D eigenvalue weighted by Crippen LogP contribution is 2.26. The highest BCUT2D eigenvalue weighted by atomic mass is 32.1. The van der Waals surface area contributed by atoms with Crippen molar-refractivity contribution in [3.63, 3.8) is 0 Å². The number of hydrogen-bond acceptors (Lipinski definition) is 5. The van der Waals surface area contributed by atoms with E-state index < -0.39 is 41.5 Å². The summed E-state index contributed by atoms with van der Waals surface area (Å²) in [6.07, 6.45) is 0. The maximum Gasteiger partial charge on any atom is 0.271 e. The van der Waals surface area contributed by atoms with E-state index in [0.717, 1.165) is 17.4 Å². The first kappa shape index (κ1) is 21.3. The first-order valence-electron chi connectivity index (χ1n) is 8.79. The molecule has 0 radical (unpaired) electrons. The molecule has 0 saturated carbocycles. The van der Waals surface area contributed by atoms with Gasteiger partial charge in [-0.1, -0.05) is 0 Å². The third kappa shape index (κ3) is 4.95. The van der Waals surface area contributed by atoms with Gasteiger partial charge in [-0.05, 0) is 43.3 Å². The van der Waals surface area contributed by atoms with E-state index in [9.17, 15) is 22.8 Å². The predicted octanol–water partition coefficient (Wildman–Crippen LogP) is 3.99. The number of amides is 2. The molecule has 30 heavy (non-hydrogen) atoms. The average Bonchev–Trinajstić information content (AvgIpc) is 3.24. The number of nitrogens with one attached hydrogen (secondary N) is 2. The van der Waals surface area contributed by atoms with Crippen molar-refractivity contribution < 1.29 is 27.5 Å². The zero-order valence-electron chi connectivity index (χ0n) is 15.7. The van der Waals surface area contributed by atoms with Crippen LogP contribution in [0.4, 0.5) is 18.9 Å². The molecule has 2 amide bonds. The molecular weight excluding hydrogens is 419 g/mol. The van der Waals surface area contributed by atoms with Crippen LogP contribution < -0.4 is 15.4 Å². The molecule has 0 spiro atoms. The van der Waals surface area contributed by atoms with Crippen molar-refractivity contribution in [3.05, 3.63) is 64.9 Å². The van der Waals surface area contributed by atoms with Gasteiger partial charge in [0.2, 0.25) is 5.91 Å². The lowest BCUT2D eigenvalue weighted by Gasteiger charge is -2.08. The van der Waals surface area contributed by atoms with Gasteiger partial charge in [-0.3, -0.25) is 9.59 Å². The number of ether oxygens (including phenoxy) is 1. The Labute approximate surface area is 173 Å². The van der Waals surface area contributed by atoms with Crippen LogP contribution in [0.3, 0.4) is 0 Å². The number of carbonyl (C=O) groups excluding carboxylic acids is 2. The molecule has 2 aromatic carbocycles. The molecule has 0 unspecified atom stereocenters. The molecule has 0 fully saturated rings. The Kier molecular flexibility index (Phi) is 6.68. The monoisotopic (exact) mass is 435 g/mol. The fourth-order valence-electron chi connectivity index (χ4n) is 2.44. The topological polar surface area (TPSA) is 80.3 Å². The van der Waals surface area contributed by atoms with Gasteiger partial charge in [0.05, 0.1) is 18.8 Å². The number of hydrogen-bond donors (Lipinski definition) is 2. The third-order valence-corrected chi connectivity index (χ3v) is 4.76. The van der Waals surface area contributed by atoms with Gasteiger partial charge in [0.15, 0.2) is 17.5 Å². The van der Waals surface area contributed by atoms with E-state index in [0.29, 0.717) is 17.7 Å². The van der Waals surface area contributed by atoms with Crippen LogP contribution in [-0.2, 0) is 4.79 Å². The van der Waals surface area contributed by atoms with E-state index >= 15 is 0 Å². The summed E-state index contributed by atoms with van der Waals surface area (Å²) < 4.78 is 45.1. The second kappa shape index (κ2) is 9.40. The second-order valence-corrected chi connectivity index (χ2v) is 6.81. The van der Waals surface area contributed by atoms with Crippen molar-refractivity contribution in [2.75, 3.05) is 18.5 Å². The number of aromatic nitrogens is 1. The quantitative estimate of drug-likeness (QED) is 0.550. The van der Waals surface area contributed by atoms with E-state index in [1.807, 2.05) is 19.1 Å². The summed E-state index contributed by atoms with van der Waals surface area (Å²) in [5.41, 5.74) is 0.379. The van der Waals surface area contributed by atoms with Crippen LogP contribution in [0, 0.1) is 17.5 Å². The van der Waals surface area contributed by atoms with Crippen molar-refractivity contribution in [1.82, 2.24) is 10.3 Å². The maximum atomic E-state index is 13.6. The van der Waals surface area contributed by atoms with Crippen LogP contribution in [0.25, 0.3) is 10.6 Å². The lowest BCUT2D eigenvalue weighted by atomic mass is 10.2. The lowest BCUT2D eigenvalue weighted by molar-refractivity contribution is -0.115. The summed E-state index contributed by atoms with van der Waals surface area (Å²) in [7, 11) is 0. The van der Waals surface area contributed by atoms with E-state index in [1.54, 1.807) is 12.1 Å². The number of halogens is 3. The SMILES string of the molecule is CCOc1ccc(-c2nc(C(=O)NCC(=O)Nc3ccc(F)c(F)c3F)cs2)cc1. The fourth-order valence-corrected chi connectivity index (χ4v) is 3.25. The van der Waals surface area contributed by atoms with Crippen LogP contribution in [0.1, 0.15) is 17.4 Å². The van der Waals surface area contributed by atoms with Gasteiger partial charge in [-0.25, -0.2) is 18.2 Å². The zero-order chi connectivity index (χ0) is 21.7.